The highest BCUT2D eigenvalue weighted by molar-refractivity contribution is 9.10. The van der Waals surface area contributed by atoms with Crippen LogP contribution in [0, 0.1) is 5.82 Å². The molecule has 2 aromatic carbocycles. The quantitative estimate of drug-likeness (QED) is 0.799. The Kier molecular flexibility index (Phi) is 5.78. The Balaban J connectivity index is 2.15. The van der Waals surface area contributed by atoms with Crippen LogP contribution in [0.3, 0.4) is 0 Å². The van der Waals surface area contributed by atoms with E-state index in [2.05, 4.69) is 20.7 Å². The molecule has 0 spiro atoms. The van der Waals surface area contributed by atoms with E-state index in [1.54, 1.807) is 24.3 Å². The van der Waals surface area contributed by atoms with Crippen LogP contribution in [-0.4, -0.2) is 14.5 Å². The Morgan fingerprint density at radius 1 is 1.22 bits per heavy atom. The molecule has 2 aromatic rings. The second-order valence-corrected chi connectivity index (χ2v) is 7.86. The highest BCUT2D eigenvalue weighted by atomic mass is 79.9. The van der Waals surface area contributed by atoms with E-state index in [4.69, 9.17) is 4.74 Å². The topological polar surface area (TPSA) is 55.4 Å². The van der Waals surface area contributed by atoms with Crippen molar-refractivity contribution in [3.63, 3.8) is 0 Å². The molecule has 0 unspecified atom stereocenters. The number of hydrogen-bond acceptors (Lipinski definition) is 3. The molecule has 0 amide bonds. The zero-order chi connectivity index (χ0) is 17.0. The second-order valence-electron chi connectivity index (χ2n) is 5.21. The van der Waals surface area contributed by atoms with Crippen LogP contribution in [0.1, 0.15) is 19.4 Å². The highest BCUT2D eigenvalue weighted by Crippen LogP contribution is 2.20. The summed E-state index contributed by atoms with van der Waals surface area (Å²) in [7, 11) is -3.94. The third kappa shape index (κ3) is 5.02. The Morgan fingerprint density at radius 3 is 2.65 bits per heavy atom. The van der Waals surface area contributed by atoms with Gasteiger partial charge in [0, 0.05) is 11.0 Å². The van der Waals surface area contributed by atoms with E-state index in [1.165, 1.54) is 12.1 Å². The highest BCUT2D eigenvalue weighted by Gasteiger charge is 2.19. The number of benzene rings is 2. The third-order valence-corrected chi connectivity index (χ3v) is 4.83. The molecule has 0 radical (unpaired) electrons. The van der Waals surface area contributed by atoms with Gasteiger partial charge in [0.05, 0.1) is 6.10 Å². The second kappa shape index (κ2) is 7.42. The Morgan fingerprint density at radius 2 is 1.96 bits per heavy atom. The normalized spacial score (nSPS) is 11.7. The first-order valence-corrected chi connectivity index (χ1v) is 9.26. The maximum absolute atomic E-state index is 13.7. The number of sulfonamides is 1. The molecular formula is C16H17BrFNO3S. The molecule has 0 aliphatic carbocycles. The van der Waals surface area contributed by atoms with Crippen molar-refractivity contribution in [2.24, 2.45) is 0 Å². The minimum atomic E-state index is -3.94. The molecule has 0 saturated carbocycles. The third-order valence-electron chi connectivity index (χ3n) is 2.92. The van der Waals surface area contributed by atoms with Crippen LogP contribution in [0.5, 0.6) is 5.75 Å². The van der Waals surface area contributed by atoms with Gasteiger partial charge in [-0.1, -0.05) is 28.1 Å². The lowest BCUT2D eigenvalue weighted by Gasteiger charge is -2.12. The average molecular weight is 402 g/mol. The molecule has 4 nitrogen and oxygen atoms in total. The van der Waals surface area contributed by atoms with Gasteiger partial charge in [0.1, 0.15) is 16.5 Å². The van der Waals surface area contributed by atoms with Crippen molar-refractivity contribution < 1.29 is 17.5 Å². The van der Waals surface area contributed by atoms with E-state index in [9.17, 15) is 12.8 Å². The van der Waals surface area contributed by atoms with Crippen molar-refractivity contribution in [2.75, 3.05) is 0 Å². The largest absolute Gasteiger partial charge is 0.491 e. The van der Waals surface area contributed by atoms with Gasteiger partial charge in [0.25, 0.3) is 0 Å². The van der Waals surface area contributed by atoms with Crippen LogP contribution >= 0.6 is 15.9 Å². The fourth-order valence-corrected chi connectivity index (χ4v) is 3.57. The maximum atomic E-state index is 13.7. The lowest BCUT2D eigenvalue weighted by Crippen LogP contribution is -2.24. The van der Waals surface area contributed by atoms with Gasteiger partial charge in [-0.25, -0.2) is 17.5 Å². The minimum Gasteiger partial charge on any atom is -0.491 e. The monoisotopic (exact) mass is 401 g/mol. The van der Waals surface area contributed by atoms with Gasteiger partial charge in [-0.15, -0.1) is 0 Å². The van der Waals surface area contributed by atoms with E-state index in [-0.39, 0.29) is 17.5 Å². The first-order chi connectivity index (χ1) is 10.8. The molecule has 23 heavy (non-hydrogen) atoms. The summed E-state index contributed by atoms with van der Waals surface area (Å²) in [5.74, 6) is -0.136. The van der Waals surface area contributed by atoms with Crippen molar-refractivity contribution in [3.8, 4) is 5.75 Å². The molecule has 0 aliphatic rings. The maximum Gasteiger partial charge on any atom is 0.243 e. The van der Waals surface area contributed by atoms with Crippen LogP contribution in [0.4, 0.5) is 4.39 Å². The predicted molar refractivity (Wildman–Crippen MR) is 90.3 cm³/mol. The summed E-state index contributed by atoms with van der Waals surface area (Å²) in [4.78, 5) is -0.388. The summed E-state index contributed by atoms with van der Waals surface area (Å²) < 4.78 is 46.7. The molecule has 0 saturated heterocycles. The zero-order valence-electron chi connectivity index (χ0n) is 12.7. The fourth-order valence-electron chi connectivity index (χ4n) is 1.94. The first kappa shape index (κ1) is 17.9. The van der Waals surface area contributed by atoms with Crippen molar-refractivity contribution in [3.05, 3.63) is 58.3 Å². The zero-order valence-corrected chi connectivity index (χ0v) is 15.1. The van der Waals surface area contributed by atoms with E-state index in [1.807, 2.05) is 13.8 Å². The van der Waals surface area contributed by atoms with Crippen LogP contribution in [-0.2, 0) is 16.6 Å². The summed E-state index contributed by atoms with van der Waals surface area (Å²) in [6, 6.07) is 10.9. The SMILES string of the molecule is CC(C)Oc1cccc(CNS(=O)(=O)c2cc(Br)ccc2F)c1. The number of hydrogen-bond donors (Lipinski definition) is 1. The van der Waals surface area contributed by atoms with Gasteiger partial charge in [0.15, 0.2) is 0 Å². The average Bonchev–Trinajstić information content (AvgIpc) is 2.47. The van der Waals surface area contributed by atoms with E-state index < -0.39 is 15.8 Å². The number of rotatable bonds is 6. The first-order valence-electron chi connectivity index (χ1n) is 6.98. The molecule has 1 N–H and O–H groups in total. The fraction of sp³-hybridized carbons (Fsp3) is 0.250. The van der Waals surface area contributed by atoms with Crippen molar-refractivity contribution >= 4 is 26.0 Å². The van der Waals surface area contributed by atoms with Gasteiger partial charge in [-0.3, -0.25) is 0 Å². The number of ether oxygens (including phenoxy) is 1. The molecule has 0 atom stereocenters. The Bertz CT molecular complexity index is 794. The molecule has 7 heteroatoms. The van der Waals surface area contributed by atoms with Crippen molar-refractivity contribution in [1.82, 2.24) is 4.72 Å². The number of nitrogens with one attached hydrogen (secondary N) is 1. The van der Waals surface area contributed by atoms with Crippen LogP contribution in [0.15, 0.2) is 51.8 Å². The van der Waals surface area contributed by atoms with Gasteiger partial charge in [-0.2, -0.15) is 0 Å². The van der Waals surface area contributed by atoms with Gasteiger partial charge < -0.3 is 4.74 Å². The van der Waals surface area contributed by atoms with E-state index in [0.717, 1.165) is 11.6 Å². The molecule has 2 rings (SSSR count). The smallest absolute Gasteiger partial charge is 0.243 e. The minimum absolute atomic E-state index is 0.0257. The van der Waals surface area contributed by atoms with Gasteiger partial charge in [-0.05, 0) is 49.7 Å². The Labute approximate surface area is 143 Å². The Hall–Kier alpha value is -1.44. The summed E-state index contributed by atoms with van der Waals surface area (Å²) >= 11 is 3.14. The molecule has 124 valence electrons. The number of halogens is 2. The van der Waals surface area contributed by atoms with Crippen molar-refractivity contribution in [1.29, 1.82) is 0 Å². The van der Waals surface area contributed by atoms with Crippen LogP contribution < -0.4 is 9.46 Å². The molecular weight excluding hydrogens is 385 g/mol. The molecule has 0 aromatic heterocycles. The van der Waals surface area contributed by atoms with E-state index >= 15 is 0 Å². The van der Waals surface area contributed by atoms with Crippen LogP contribution in [0.2, 0.25) is 0 Å². The molecule has 0 fully saturated rings. The summed E-state index contributed by atoms with van der Waals surface area (Å²) in [5.41, 5.74) is 0.724. The molecule has 0 aliphatic heterocycles. The molecule has 0 bridgehead atoms. The lowest BCUT2D eigenvalue weighted by atomic mass is 10.2. The van der Waals surface area contributed by atoms with Crippen LogP contribution in [0.25, 0.3) is 0 Å². The summed E-state index contributed by atoms with van der Waals surface area (Å²) in [6.45, 7) is 3.86. The lowest BCUT2D eigenvalue weighted by molar-refractivity contribution is 0.242. The van der Waals surface area contributed by atoms with Gasteiger partial charge >= 0.3 is 0 Å². The van der Waals surface area contributed by atoms with Crippen molar-refractivity contribution in [2.45, 2.75) is 31.4 Å². The predicted octanol–water partition coefficient (Wildman–Crippen LogP) is 3.85. The standard InChI is InChI=1S/C16H17BrFNO3S/c1-11(2)22-14-5-3-4-12(8-14)10-19-23(20,21)16-9-13(17)6-7-15(16)18/h3-9,11,19H,10H2,1-2H3. The van der Waals surface area contributed by atoms with E-state index in [0.29, 0.717) is 10.2 Å². The summed E-state index contributed by atoms with van der Waals surface area (Å²) in [6.07, 6.45) is 0.0257. The van der Waals surface area contributed by atoms with Gasteiger partial charge in [0.2, 0.25) is 10.0 Å². The summed E-state index contributed by atoms with van der Waals surface area (Å²) in [5, 5.41) is 0. The molecule has 0 heterocycles.